The van der Waals surface area contributed by atoms with Crippen molar-refractivity contribution in [3.8, 4) is 11.5 Å². The Balaban J connectivity index is 0.00000544. The number of aliphatic imine (C=N–C) groups is 1. The fourth-order valence-corrected chi connectivity index (χ4v) is 3.39. The Bertz CT molecular complexity index is 762. The van der Waals surface area contributed by atoms with E-state index in [9.17, 15) is 4.79 Å². The Labute approximate surface area is 215 Å². The lowest BCUT2D eigenvalue weighted by Crippen LogP contribution is -2.50. The Hall–Kier alpha value is -1.95. The Morgan fingerprint density at radius 1 is 1.09 bits per heavy atom. The minimum absolute atomic E-state index is 0. The summed E-state index contributed by atoms with van der Waals surface area (Å²) in [7, 11) is 5.05. The van der Waals surface area contributed by atoms with Gasteiger partial charge in [0.15, 0.2) is 5.96 Å². The van der Waals surface area contributed by atoms with Crippen molar-refractivity contribution in [3.63, 3.8) is 0 Å². The number of piperazine rings is 1. The van der Waals surface area contributed by atoms with Gasteiger partial charge in [0, 0.05) is 57.9 Å². The molecule has 1 amide bonds. The summed E-state index contributed by atoms with van der Waals surface area (Å²) in [5, 5.41) is 6.67. The smallest absolute Gasteiger partial charge is 0.410 e. The number of benzene rings is 1. The van der Waals surface area contributed by atoms with Crippen LogP contribution in [-0.2, 0) is 11.3 Å². The van der Waals surface area contributed by atoms with Crippen LogP contribution in [0.1, 0.15) is 32.8 Å². The molecule has 1 saturated heterocycles. The highest BCUT2D eigenvalue weighted by molar-refractivity contribution is 14.0. The summed E-state index contributed by atoms with van der Waals surface area (Å²) in [6.07, 6.45) is 0.765. The minimum atomic E-state index is -0.453. The number of hydrogen-bond acceptors (Lipinski definition) is 6. The molecule has 188 valence electrons. The molecule has 0 radical (unpaired) electrons. The van der Waals surface area contributed by atoms with Crippen LogP contribution in [0.5, 0.6) is 11.5 Å². The molecule has 1 heterocycles. The van der Waals surface area contributed by atoms with E-state index in [4.69, 9.17) is 14.2 Å². The van der Waals surface area contributed by atoms with Gasteiger partial charge < -0.3 is 29.7 Å². The average Bonchev–Trinajstić information content (AvgIpc) is 2.77. The van der Waals surface area contributed by atoms with Crippen LogP contribution in [0.3, 0.4) is 0 Å². The summed E-state index contributed by atoms with van der Waals surface area (Å²) in [5.74, 6) is 2.29. The molecular formula is C23H40IN5O4. The fourth-order valence-electron chi connectivity index (χ4n) is 3.39. The highest BCUT2D eigenvalue weighted by Gasteiger charge is 2.25. The molecule has 0 unspecified atom stereocenters. The largest absolute Gasteiger partial charge is 0.497 e. The van der Waals surface area contributed by atoms with Gasteiger partial charge in [0.1, 0.15) is 17.1 Å². The van der Waals surface area contributed by atoms with E-state index in [0.29, 0.717) is 19.6 Å². The van der Waals surface area contributed by atoms with Crippen LogP contribution in [0.2, 0.25) is 0 Å². The number of rotatable bonds is 8. The monoisotopic (exact) mass is 577 g/mol. The maximum absolute atomic E-state index is 12.2. The molecule has 10 heteroatoms. The highest BCUT2D eigenvalue weighted by Crippen LogP contribution is 2.24. The summed E-state index contributed by atoms with van der Waals surface area (Å²) >= 11 is 0. The number of guanidine groups is 1. The lowest BCUT2D eigenvalue weighted by atomic mass is 10.2. The first-order valence-electron chi connectivity index (χ1n) is 11.1. The SMILES string of the molecule is CN=C(NCCCN1CCN(C(=O)OC(C)(C)C)CC1)NCc1ccc(OC)cc1OC.I. The van der Waals surface area contributed by atoms with Crippen LogP contribution in [0.15, 0.2) is 23.2 Å². The van der Waals surface area contributed by atoms with E-state index in [1.54, 1.807) is 26.2 Å². The number of methoxy groups -OCH3 is 2. The number of ether oxygens (including phenoxy) is 3. The Kier molecular flexibility index (Phi) is 12.6. The van der Waals surface area contributed by atoms with Crippen molar-refractivity contribution in [2.24, 2.45) is 4.99 Å². The topological polar surface area (TPSA) is 87.7 Å². The van der Waals surface area contributed by atoms with Crippen LogP contribution in [0.4, 0.5) is 4.79 Å². The first-order chi connectivity index (χ1) is 15.3. The van der Waals surface area contributed by atoms with Crippen LogP contribution in [0.25, 0.3) is 0 Å². The van der Waals surface area contributed by atoms with Gasteiger partial charge in [-0.15, -0.1) is 24.0 Å². The third kappa shape index (κ3) is 10.2. The second kappa shape index (κ2) is 14.3. The Morgan fingerprint density at radius 2 is 1.79 bits per heavy atom. The van der Waals surface area contributed by atoms with Crippen LogP contribution in [0, 0.1) is 0 Å². The van der Waals surface area contributed by atoms with E-state index in [0.717, 1.165) is 55.6 Å². The molecule has 2 N–H and O–H groups in total. The van der Waals surface area contributed by atoms with Crippen molar-refractivity contribution in [3.05, 3.63) is 23.8 Å². The second-order valence-electron chi connectivity index (χ2n) is 8.69. The highest BCUT2D eigenvalue weighted by atomic mass is 127. The lowest BCUT2D eigenvalue weighted by Gasteiger charge is -2.35. The fraction of sp³-hybridized carbons (Fsp3) is 0.652. The zero-order valence-corrected chi connectivity index (χ0v) is 23.1. The predicted octanol–water partition coefficient (Wildman–Crippen LogP) is 2.93. The van der Waals surface area contributed by atoms with E-state index in [-0.39, 0.29) is 30.1 Å². The number of amides is 1. The minimum Gasteiger partial charge on any atom is -0.497 e. The molecule has 1 aromatic rings. The van der Waals surface area contributed by atoms with Gasteiger partial charge in [0.05, 0.1) is 14.2 Å². The van der Waals surface area contributed by atoms with E-state index < -0.39 is 5.60 Å². The number of carbonyl (C=O) groups excluding carboxylic acids is 1. The third-order valence-corrected chi connectivity index (χ3v) is 5.13. The molecule has 0 atom stereocenters. The van der Waals surface area contributed by atoms with Gasteiger partial charge in [0.2, 0.25) is 0 Å². The van der Waals surface area contributed by atoms with Crippen LogP contribution < -0.4 is 20.1 Å². The summed E-state index contributed by atoms with van der Waals surface area (Å²) in [4.78, 5) is 20.6. The van der Waals surface area contributed by atoms with Gasteiger partial charge in [-0.05, 0) is 45.9 Å². The summed E-state index contributed by atoms with van der Waals surface area (Å²) in [5.41, 5.74) is 0.574. The van der Waals surface area contributed by atoms with Gasteiger partial charge in [-0.3, -0.25) is 9.89 Å². The van der Waals surface area contributed by atoms with Crippen molar-refractivity contribution < 1.29 is 19.0 Å². The predicted molar refractivity (Wildman–Crippen MR) is 142 cm³/mol. The molecule has 0 bridgehead atoms. The van der Waals surface area contributed by atoms with Crippen LogP contribution in [-0.4, -0.2) is 88.0 Å². The molecular weight excluding hydrogens is 537 g/mol. The molecule has 1 aromatic carbocycles. The maximum Gasteiger partial charge on any atom is 0.410 e. The van der Waals surface area contributed by atoms with Gasteiger partial charge in [-0.1, -0.05) is 0 Å². The standard InChI is InChI=1S/C23H39N5O4.HI/c1-23(2,3)32-22(29)28-14-12-27(13-15-28)11-7-10-25-21(24-4)26-17-18-8-9-19(30-5)16-20(18)31-6;/h8-9,16H,7,10-15,17H2,1-6H3,(H2,24,25,26);1H. The lowest BCUT2D eigenvalue weighted by molar-refractivity contribution is 0.0145. The molecule has 0 spiro atoms. The molecule has 1 aliphatic heterocycles. The summed E-state index contributed by atoms with van der Waals surface area (Å²) < 4.78 is 16.1. The third-order valence-electron chi connectivity index (χ3n) is 5.13. The molecule has 0 saturated carbocycles. The number of carbonyl (C=O) groups is 1. The van der Waals surface area contributed by atoms with E-state index >= 15 is 0 Å². The second-order valence-corrected chi connectivity index (χ2v) is 8.69. The quantitative estimate of drug-likeness (QED) is 0.213. The van der Waals surface area contributed by atoms with Crippen molar-refractivity contribution in [1.82, 2.24) is 20.4 Å². The van der Waals surface area contributed by atoms with Crippen molar-refractivity contribution >= 4 is 36.0 Å². The van der Waals surface area contributed by atoms with E-state index in [1.165, 1.54) is 0 Å². The average molecular weight is 578 g/mol. The molecule has 9 nitrogen and oxygen atoms in total. The first-order valence-corrected chi connectivity index (χ1v) is 11.1. The first kappa shape index (κ1) is 29.1. The zero-order valence-electron chi connectivity index (χ0n) is 20.8. The van der Waals surface area contributed by atoms with Gasteiger partial charge in [-0.2, -0.15) is 0 Å². The number of hydrogen-bond donors (Lipinski definition) is 2. The van der Waals surface area contributed by atoms with E-state index in [2.05, 4.69) is 20.5 Å². The molecule has 0 aliphatic carbocycles. The zero-order chi connectivity index (χ0) is 23.6. The van der Waals surface area contributed by atoms with Gasteiger partial charge in [0.25, 0.3) is 0 Å². The van der Waals surface area contributed by atoms with Crippen molar-refractivity contribution in [1.29, 1.82) is 0 Å². The number of nitrogens with one attached hydrogen (secondary N) is 2. The molecule has 1 aliphatic rings. The molecule has 2 rings (SSSR count). The maximum atomic E-state index is 12.2. The van der Waals surface area contributed by atoms with Gasteiger partial charge in [-0.25, -0.2) is 4.79 Å². The summed E-state index contributed by atoms with van der Waals surface area (Å²) in [6, 6.07) is 5.77. The Morgan fingerprint density at radius 3 is 2.36 bits per heavy atom. The van der Waals surface area contributed by atoms with Crippen molar-refractivity contribution in [2.45, 2.75) is 39.3 Å². The van der Waals surface area contributed by atoms with Crippen LogP contribution >= 0.6 is 24.0 Å². The van der Waals surface area contributed by atoms with E-state index in [1.807, 2.05) is 39.0 Å². The molecule has 1 fully saturated rings. The summed E-state index contributed by atoms with van der Waals surface area (Å²) in [6.45, 7) is 11.2. The number of nitrogens with zero attached hydrogens (tertiary/aromatic N) is 3. The molecule has 33 heavy (non-hydrogen) atoms. The van der Waals surface area contributed by atoms with Gasteiger partial charge >= 0.3 is 6.09 Å². The molecule has 0 aromatic heterocycles. The number of halogens is 1. The van der Waals surface area contributed by atoms with Crippen molar-refractivity contribution in [2.75, 3.05) is 60.5 Å². The normalized spacial score (nSPS) is 14.8.